The highest BCUT2D eigenvalue weighted by Crippen LogP contribution is 2.21. The molecule has 4 N–H and O–H groups in total. The second-order valence-electron chi connectivity index (χ2n) is 3.75. The number of hydrogen-bond acceptors (Lipinski definition) is 4. The van der Waals surface area contributed by atoms with Crippen LogP contribution in [0.25, 0.3) is 0 Å². The van der Waals surface area contributed by atoms with Gasteiger partial charge in [0.25, 0.3) is 0 Å². The minimum Gasteiger partial charge on any atom is -0.388 e. The predicted octanol–water partition coefficient (Wildman–Crippen LogP) is 0.392. The predicted molar refractivity (Wildman–Crippen MR) is 59.5 cm³/mol. The normalized spacial score (nSPS) is 12.9. The van der Waals surface area contributed by atoms with Crippen LogP contribution in [0.1, 0.15) is 23.9 Å². The van der Waals surface area contributed by atoms with Crippen LogP contribution in [-0.2, 0) is 13.5 Å². The average Bonchev–Trinajstić information content (AvgIpc) is 2.84. The molecule has 0 saturated carbocycles. The van der Waals surface area contributed by atoms with Crippen molar-refractivity contribution in [1.82, 2.24) is 19.7 Å². The molecule has 2 aromatic heterocycles. The van der Waals surface area contributed by atoms with E-state index in [9.17, 15) is 5.11 Å². The first-order valence-corrected chi connectivity index (χ1v) is 5.11. The van der Waals surface area contributed by atoms with E-state index in [0.717, 1.165) is 5.82 Å². The maximum Gasteiger partial charge on any atom is 0.124 e. The third-order valence-electron chi connectivity index (χ3n) is 2.62. The number of aliphatic hydroxyl groups is 1. The van der Waals surface area contributed by atoms with Crippen molar-refractivity contribution in [1.29, 1.82) is 0 Å². The van der Waals surface area contributed by atoms with Crippen molar-refractivity contribution in [3.8, 4) is 0 Å². The summed E-state index contributed by atoms with van der Waals surface area (Å²) < 4.78 is 1.94. The molecule has 2 aromatic rings. The third-order valence-corrected chi connectivity index (χ3v) is 2.62. The standard InChI is InChI=1S/C10H15N5O/c1-15-5-4-12-9(15)3-2-8(16)7-6-13-14-10(7)11/h4-6,8,16H,2-3H2,1H3,(H3,11,13,14). The van der Waals surface area contributed by atoms with E-state index in [4.69, 9.17) is 5.73 Å². The highest BCUT2D eigenvalue weighted by molar-refractivity contribution is 5.38. The number of nitrogens with two attached hydrogens (primary N) is 1. The summed E-state index contributed by atoms with van der Waals surface area (Å²) in [7, 11) is 1.93. The second kappa shape index (κ2) is 4.36. The maximum absolute atomic E-state index is 9.90. The largest absolute Gasteiger partial charge is 0.388 e. The summed E-state index contributed by atoms with van der Waals surface area (Å²) in [6, 6.07) is 0. The molecule has 0 spiro atoms. The lowest BCUT2D eigenvalue weighted by molar-refractivity contribution is 0.167. The Morgan fingerprint density at radius 3 is 3.00 bits per heavy atom. The van der Waals surface area contributed by atoms with E-state index < -0.39 is 6.10 Å². The van der Waals surface area contributed by atoms with E-state index in [0.29, 0.717) is 24.2 Å². The van der Waals surface area contributed by atoms with Crippen LogP contribution < -0.4 is 5.73 Å². The third kappa shape index (κ3) is 2.06. The van der Waals surface area contributed by atoms with E-state index in [1.165, 1.54) is 0 Å². The number of anilines is 1. The summed E-state index contributed by atoms with van der Waals surface area (Å²) in [6.07, 6.45) is 5.86. The Morgan fingerprint density at radius 2 is 2.44 bits per heavy atom. The van der Waals surface area contributed by atoms with E-state index in [1.807, 2.05) is 17.8 Å². The lowest BCUT2D eigenvalue weighted by Crippen LogP contribution is -2.04. The SMILES string of the molecule is Cn1ccnc1CCC(O)c1cn[nH]c1N. The van der Waals surface area contributed by atoms with Gasteiger partial charge in [-0.1, -0.05) is 0 Å². The van der Waals surface area contributed by atoms with Crippen LogP contribution in [0.3, 0.4) is 0 Å². The van der Waals surface area contributed by atoms with Crippen LogP contribution in [0.2, 0.25) is 0 Å². The number of aliphatic hydroxyl groups excluding tert-OH is 1. The summed E-state index contributed by atoms with van der Waals surface area (Å²) in [4.78, 5) is 4.19. The molecule has 6 nitrogen and oxygen atoms in total. The van der Waals surface area contributed by atoms with Crippen molar-refractivity contribution in [2.45, 2.75) is 18.9 Å². The van der Waals surface area contributed by atoms with Gasteiger partial charge in [0.1, 0.15) is 11.6 Å². The van der Waals surface area contributed by atoms with Crippen LogP contribution in [0.5, 0.6) is 0 Å². The van der Waals surface area contributed by atoms with Crippen LogP contribution in [0.15, 0.2) is 18.6 Å². The Balaban J connectivity index is 1.97. The van der Waals surface area contributed by atoms with Gasteiger partial charge < -0.3 is 15.4 Å². The van der Waals surface area contributed by atoms with Gasteiger partial charge in [-0.2, -0.15) is 5.10 Å². The van der Waals surface area contributed by atoms with Crippen LogP contribution in [-0.4, -0.2) is 24.9 Å². The molecule has 0 saturated heterocycles. The minimum absolute atomic E-state index is 0.423. The summed E-state index contributed by atoms with van der Waals surface area (Å²) >= 11 is 0. The van der Waals surface area contributed by atoms with Gasteiger partial charge in [0.15, 0.2) is 0 Å². The highest BCUT2D eigenvalue weighted by atomic mass is 16.3. The number of aromatic amines is 1. The average molecular weight is 221 g/mol. The molecule has 0 aliphatic heterocycles. The van der Waals surface area contributed by atoms with Gasteiger partial charge in [0.2, 0.25) is 0 Å². The van der Waals surface area contributed by atoms with Gasteiger partial charge >= 0.3 is 0 Å². The van der Waals surface area contributed by atoms with E-state index in [1.54, 1.807) is 12.4 Å². The number of H-pyrrole nitrogens is 1. The topological polar surface area (TPSA) is 92.7 Å². The molecule has 0 aliphatic carbocycles. The van der Waals surface area contributed by atoms with Crippen LogP contribution >= 0.6 is 0 Å². The number of imidazole rings is 1. The number of nitrogens with one attached hydrogen (secondary N) is 1. The number of rotatable bonds is 4. The molecule has 2 heterocycles. The van der Waals surface area contributed by atoms with Crippen molar-refractivity contribution in [2.75, 3.05) is 5.73 Å². The fraction of sp³-hybridized carbons (Fsp3) is 0.400. The van der Waals surface area contributed by atoms with Gasteiger partial charge in [0.05, 0.1) is 12.3 Å². The second-order valence-corrected chi connectivity index (χ2v) is 3.75. The number of aromatic nitrogens is 4. The zero-order chi connectivity index (χ0) is 11.5. The van der Waals surface area contributed by atoms with Crippen LogP contribution in [0.4, 0.5) is 5.82 Å². The molecule has 2 rings (SSSR count). The monoisotopic (exact) mass is 221 g/mol. The van der Waals surface area contributed by atoms with Crippen molar-refractivity contribution in [3.63, 3.8) is 0 Å². The molecule has 86 valence electrons. The van der Waals surface area contributed by atoms with E-state index >= 15 is 0 Å². The minimum atomic E-state index is -0.601. The van der Waals surface area contributed by atoms with Gasteiger partial charge in [-0.3, -0.25) is 5.10 Å². The van der Waals surface area contributed by atoms with Gasteiger partial charge in [-0.05, 0) is 6.42 Å². The molecule has 1 unspecified atom stereocenters. The Hall–Kier alpha value is -1.82. The lowest BCUT2D eigenvalue weighted by Gasteiger charge is -2.09. The van der Waals surface area contributed by atoms with Crippen molar-refractivity contribution in [3.05, 3.63) is 30.0 Å². The van der Waals surface area contributed by atoms with Gasteiger partial charge in [-0.25, -0.2) is 4.98 Å². The summed E-state index contributed by atoms with van der Waals surface area (Å²) in [5, 5.41) is 16.3. The fourth-order valence-electron chi connectivity index (χ4n) is 1.63. The molecule has 6 heteroatoms. The molecule has 0 radical (unpaired) electrons. The van der Waals surface area contributed by atoms with Crippen LogP contribution in [0, 0.1) is 0 Å². The Labute approximate surface area is 93.1 Å². The molecular formula is C10H15N5O. The van der Waals surface area contributed by atoms with E-state index in [2.05, 4.69) is 15.2 Å². The first-order chi connectivity index (χ1) is 7.68. The van der Waals surface area contributed by atoms with E-state index in [-0.39, 0.29) is 0 Å². The Kier molecular flexibility index (Phi) is 2.91. The lowest BCUT2D eigenvalue weighted by atomic mass is 10.1. The first kappa shape index (κ1) is 10.7. The van der Waals surface area contributed by atoms with Crippen molar-refractivity contribution < 1.29 is 5.11 Å². The number of aryl methyl sites for hydroxylation is 2. The zero-order valence-corrected chi connectivity index (χ0v) is 9.09. The highest BCUT2D eigenvalue weighted by Gasteiger charge is 2.13. The smallest absolute Gasteiger partial charge is 0.124 e. The van der Waals surface area contributed by atoms with Crippen molar-refractivity contribution >= 4 is 5.82 Å². The molecule has 0 fully saturated rings. The summed E-state index contributed by atoms with van der Waals surface area (Å²) in [6.45, 7) is 0. The van der Waals surface area contributed by atoms with Crippen molar-refractivity contribution in [2.24, 2.45) is 7.05 Å². The van der Waals surface area contributed by atoms with Gasteiger partial charge in [0, 0.05) is 31.4 Å². The van der Waals surface area contributed by atoms with Gasteiger partial charge in [-0.15, -0.1) is 0 Å². The maximum atomic E-state index is 9.90. The number of nitrogen functional groups attached to an aromatic ring is 1. The summed E-state index contributed by atoms with van der Waals surface area (Å²) in [5.41, 5.74) is 6.27. The zero-order valence-electron chi connectivity index (χ0n) is 9.09. The first-order valence-electron chi connectivity index (χ1n) is 5.11. The quantitative estimate of drug-likeness (QED) is 0.696. The molecular weight excluding hydrogens is 206 g/mol. The molecule has 16 heavy (non-hydrogen) atoms. The molecule has 1 atom stereocenters. The molecule has 0 bridgehead atoms. The summed E-state index contributed by atoms with van der Waals surface area (Å²) in [5.74, 6) is 1.37. The Bertz CT molecular complexity index is 461. The molecule has 0 aliphatic rings. The Morgan fingerprint density at radius 1 is 1.62 bits per heavy atom. The molecule has 0 aromatic carbocycles. The fourth-order valence-corrected chi connectivity index (χ4v) is 1.63. The number of hydrogen-bond donors (Lipinski definition) is 3. The number of nitrogens with zero attached hydrogens (tertiary/aromatic N) is 3. The molecule has 0 amide bonds.